The highest BCUT2D eigenvalue weighted by molar-refractivity contribution is 5.35. The Morgan fingerprint density at radius 3 is 1.56 bits per heavy atom. The summed E-state index contributed by atoms with van der Waals surface area (Å²) in [6, 6.07) is 17.3. The zero-order chi connectivity index (χ0) is 19.9. The van der Waals surface area contributed by atoms with E-state index in [2.05, 4.69) is 83.5 Å². The Hall–Kier alpha value is -2.00. The molecule has 0 spiro atoms. The lowest BCUT2D eigenvalue weighted by Crippen LogP contribution is -2.38. The monoisotopic (exact) mass is 370 g/mol. The lowest BCUT2D eigenvalue weighted by molar-refractivity contribution is -0.870. The predicted molar refractivity (Wildman–Crippen MR) is 114 cm³/mol. The van der Waals surface area contributed by atoms with E-state index in [1.165, 1.54) is 11.1 Å². The molecule has 2 atom stereocenters. The Morgan fingerprint density at radius 1 is 0.741 bits per heavy atom. The van der Waals surface area contributed by atoms with Gasteiger partial charge in [0.1, 0.15) is 24.7 Å². The summed E-state index contributed by atoms with van der Waals surface area (Å²) < 4.78 is 12.1. The van der Waals surface area contributed by atoms with E-state index in [9.17, 15) is 0 Å². The lowest BCUT2D eigenvalue weighted by Gasteiger charge is -2.27. The summed E-state index contributed by atoms with van der Waals surface area (Å²) in [5.74, 6) is 2.88. The molecule has 3 heteroatoms. The molecule has 0 saturated heterocycles. The number of hydrogen-bond acceptors (Lipinski definition) is 2. The average Bonchev–Trinajstić information content (AvgIpc) is 2.66. The van der Waals surface area contributed by atoms with Crippen LogP contribution in [0.4, 0.5) is 0 Å². The van der Waals surface area contributed by atoms with Gasteiger partial charge in [0.2, 0.25) is 0 Å². The maximum atomic E-state index is 5.92. The average molecular weight is 371 g/mol. The van der Waals surface area contributed by atoms with Crippen molar-refractivity contribution in [1.29, 1.82) is 0 Å². The van der Waals surface area contributed by atoms with Crippen molar-refractivity contribution in [1.82, 2.24) is 0 Å². The third-order valence-corrected chi connectivity index (χ3v) is 5.25. The van der Waals surface area contributed by atoms with E-state index in [-0.39, 0.29) is 0 Å². The van der Waals surface area contributed by atoms with E-state index in [0.29, 0.717) is 11.8 Å². The molecule has 0 aliphatic carbocycles. The Bertz CT molecular complexity index is 671. The number of hydrogen-bond donors (Lipinski definition) is 0. The van der Waals surface area contributed by atoms with Crippen LogP contribution in [0, 0.1) is 0 Å². The van der Waals surface area contributed by atoms with Crippen molar-refractivity contribution >= 4 is 0 Å². The van der Waals surface area contributed by atoms with Gasteiger partial charge in [-0.25, -0.2) is 0 Å². The van der Waals surface area contributed by atoms with Gasteiger partial charge in [-0.1, -0.05) is 38.1 Å². The number of ether oxygens (including phenoxy) is 2. The SMILES string of the molecule is CC[C@H](c1ccc(OC)cc1)[C@@H](CC)c1ccc(OCC[N+](C)(C)C)cc1. The Kier molecular flexibility index (Phi) is 7.73. The molecule has 27 heavy (non-hydrogen) atoms. The summed E-state index contributed by atoms with van der Waals surface area (Å²) in [5.41, 5.74) is 2.77. The zero-order valence-corrected chi connectivity index (χ0v) is 17.9. The van der Waals surface area contributed by atoms with Crippen LogP contribution in [0.2, 0.25) is 0 Å². The second-order valence-corrected chi connectivity index (χ2v) is 8.23. The fourth-order valence-electron chi connectivity index (χ4n) is 3.60. The van der Waals surface area contributed by atoms with Crippen LogP contribution in [-0.2, 0) is 0 Å². The van der Waals surface area contributed by atoms with Crippen LogP contribution in [0.5, 0.6) is 11.5 Å². The Balaban J connectivity index is 2.10. The highest BCUT2D eigenvalue weighted by Crippen LogP contribution is 2.38. The van der Waals surface area contributed by atoms with Crippen LogP contribution in [0.25, 0.3) is 0 Å². The van der Waals surface area contributed by atoms with Crippen LogP contribution in [0.15, 0.2) is 48.5 Å². The third-order valence-electron chi connectivity index (χ3n) is 5.25. The van der Waals surface area contributed by atoms with Crippen LogP contribution in [-0.4, -0.2) is 45.9 Å². The summed E-state index contributed by atoms with van der Waals surface area (Å²) >= 11 is 0. The smallest absolute Gasteiger partial charge is 0.137 e. The molecule has 0 amide bonds. The molecule has 2 rings (SSSR count). The van der Waals surface area contributed by atoms with Gasteiger partial charge < -0.3 is 14.0 Å². The molecule has 0 aliphatic heterocycles. The molecule has 0 unspecified atom stereocenters. The zero-order valence-electron chi connectivity index (χ0n) is 17.9. The molecule has 0 heterocycles. The number of quaternary nitrogens is 1. The maximum Gasteiger partial charge on any atom is 0.137 e. The van der Waals surface area contributed by atoms with E-state index in [1.54, 1.807) is 7.11 Å². The quantitative estimate of drug-likeness (QED) is 0.517. The Labute approximate surface area is 165 Å². The number of methoxy groups -OCH3 is 1. The lowest BCUT2D eigenvalue weighted by atomic mass is 9.78. The number of benzene rings is 2. The van der Waals surface area contributed by atoms with Gasteiger partial charge in [-0.15, -0.1) is 0 Å². The highest BCUT2D eigenvalue weighted by atomic mass is 16.5. The first-order valence-electron chi connectivity index (χ1n) is 10.0. The second-order valence-electron chi connectivity index (χ2n) is 8.23. The van der Waals surface area contributed by atoms with E-state index < -0.39 is 0 Å². The molecular formula is C24H36NO2+. The van der Waals surface area contributed by atoms with E-state index in [1.807, 2.05) is 0 Å². The van der Waals surface area contributed by atoms with E-state index >= 15 is 0 Å². The van der Waals surface area contributed by atoms with Crippen LogP contribution < -0.4 is 9.47 Å². The number of nitrogens with zero attached hydrogens (tertiary/aromatic N) is 1. The van der Waals surface area contributed by atoms with Gasteiger partial charge in [0, 0.05) is 0 Å². The van der Waals surface area contributed by atoms with Crippen LogP contribution in [0.1, 0.15) is 49.7 Å². The fourth-order valence-corrected chi connectivity index (χ4v) is 3.60. The van der Waals surface area contributed by atoms with Gasteiger partial charge >= 0.3 is 0 Å². The molecule has 2 aromatic carbocycles. The van der Waals surface area contributed by atoms with Crippen molar-refractivity contribution < 1.29 is 14.0 Å². The van der Waals surface area contributed by atoms with Crippen molar-refractivity contribution in [3.05, 3.63) is 59.7 Å². The standard InChI is InChI=1S/C24H36NO2/c1-7-23(19-9-13-21(26-6)14-10-19)24(8-2)20-11-15-22(16-12-20)27-18-17-25(3,4)5/h9-16,23-24H,7-8,17-18H2,1-6H3/q+1/t23-,24+/m1/s1. The summed E-state index contributed by atoms with van der Waals surface area (Å²) in [7, 11) is 8.26. The van der Waals surface area contributed by atoms with Gasteiger partial charge in [0.15, 0.2) is 0 Å². The molecule has 0 fully saturated rings. The summed E-state index contributed by atoms with van der Waals surface area (Å²) in [6.45, 7) is 6.29. The number of rotatable bonds is 10. The molecule has 0 radical (unpaired) electrons. The second kappa shape index (κ2) is 9.80. The van der Waals surface area contributed by atoms with Crippen molar-refractivity contribution in [2.75, 3.05) is 41.4 Å². The van der Waals surface area contributed by atoms with Crippen molar-refractivity contribution in [2.24, 2.45) is 0 Å². The van der Waals surface area contributed by atoms with Crippen molar-refractivity contribution in [3.8, 4) is 11.5 Å². The van der Waals surface area contributed by atoms with Gasteiger partial charge in [-0.2, -0.15) is 0 Å². The minimum Gasteiger partial charge on any atom is -0.497 e. The van der Waals surface area contributed by atoms with E-state index in [0.717, 1.165) is 42.0 Å². The van der Waals surface area contributed by atoms with Crippen LogP contribution >= 0.6 is 0 Å². The van der Waals surface area contributed by atoms with Crippen molar-refractivity contribution in [2.45, 2.75) is 38.5 Å². The molecular weight excluding hydrogens is 334 g/mol. The number of likely N-dealkylation sites (N-methyl/N-ethyl adjacent to an activating group) is 1. The maximum absolute atomic E-state index is 5.92. The first-order chi connectivity index (χ1) is 12.9. The first kappa shape index (κ1) is 21.3. The fraction of sp³-hybridized carbons (Fsp3) is 0.500. The molecule has 0 bridgehead atoms. The molecule has 0 saturated carbocycles. The normalized spacial score (nSPS) is 13.9. The molecule has 148 valence electrons. The first-order valence-corrected chi connectivity index (χ1v) is 10.0. The summed E-state index contributed by atoms with van der Waals surface area (Å²) in [4.78, 5) is 0. The van der Waals surface area contributed by atoms with Gasteiger partial charge in [0.05, 0.1) is 28.3 Å². The largest absolute Gasteiger partial charge is 0.497 e. The molecule has 3 nitrogen and oxygen atoms in total. The van der Waals surface area contributed by atoms with Gasteiger partial charge in [0.25, 0.3) is 0 Å². The Morgan fingerprint density at radius 2 is 1.19 bits per heavy atom. The topological polar surface area (TPSA) is 18.5 Å². The minimum atomic E-state index is 0.503. The van der Waals surface area contributed by atoms with Gasteiger partial charge in [-0.3, -0.25) is 0 Å². The molecule has 0 aromatic heterocycles. The minimum absolute atomic E-state index is 0.503. The third kappa shape index (κ3) is 6.28. The summed E-state index contributed by atoms with van der Waals surface area (Å²) in [5, 5.41) is 0. The predicted octanol–water partition coefficient (Wildman–Crippen LogP) is 5.47. The molecule has 0 aliphatic rings. The van der Waals surface area contributed by atoms with Crippen molar-refractivity contribution in [3.63, 3.8) is 0 Å². The van der Waals surface area contributed by atoms with Crippen LogP contribution in [0.3, 0.4) is 0 Å². The highest BCUT2D eigenvalue weighted by Gasteiger charge is 2.22. The molecule has 2 aromatic rings. The summed E-state index contributed by atoms with van der Waals surface area (Å²) in [6.07, 6.45) is 2.23. The van der Waals surface area contributed by atoms with E-state index in [4.69, 9.17) is 9.47 Å². The molecule has 0 N–H and O–H groups in total. The van der Waals surface area contributed by atoms with Gasteiger partial charge in [-0.05, 0) is 60.1 Å².